The van der Waals surface area contributed by atoms with Gasteiger partial charge in [-0.2, -0.15) is 0 Å². The number of carbonyl (C=O) groups excluding carboxylic acids is 3. The van der Waals surface area contributed by atoms with Crippen molar-refractivity contribution < 1.29 is 19.1 Å². The van der Waals surface area contributed by atoms with Crippen molar-refractivity contribution in [2.45, 2.75) is 52.1 Å². The minimum absolute atomic E-state index is 0.185. The topological polar surface area (TPSA) is 60.4 Å². The summed E-state index contributed by atoms with van der Waals surface area (Å²) in [6, 6.07) is 0. The monoisotopic (exact) mass is 328 g/mol. The van der Waals surface area contributed by atoms with Gasteiger partial charge in [0.2, 0.25) is 0 Å². The largest absolute Gasteiger partial charge is 0.462 e. The van der Waals surface area contributed by atoms with Gasteiger partial charge in [0.05, 0.1) is 0 Å². The van der Waals surface area contributed by atoms with Gasteiger partial charge in [-0.1, -0.05) is 19.1 Å². The number of allylic oxidation sites excluding steroid dienone is 4. The lowest BCUT2D eigenvalue weighted by atomic mass is 9.53. The molecule has 2 fully saturated rings. The van der Waals surface area contributed by atoms with E-state index in [0.29, 0.717) is 31.0 Å². The summed E-state index contributed by atoms with van der Waals surface area (Å²) in [5.41, 5.74) is 0.703. The van der Waals surface area contributed by atoms with Gasteiger partial charge in [0.15, 0.2) is 5.78 Å². The molecule has 6 atom stereocenters. The molecule has 0 spiro atoms. The van der Waals surface area contributed by atoms with Gasteiger partial charge in [0, 0.05) is 31.1 Å². The Morgan fingerprint density at radius 3 is 2.79 bits per heavy atom. The lowest BCUT2D eigenvalue weighted by molar-refractivity contribution is -0.164. The van der Waals surface area contributed by atoms with E-state index in [0.717, 1.165) is 18.4 Å². The SMILES string of the molecule is CC(=O)OC1CC2(C)C(=O)CCC2C2C=CC3=CC(=O)CCC3C12. The first-order valence-corrected chi connectivity index (χ1v) is 9.03. The number of esters is 1. The van der Waals surface area contributed by atoms with E-state index in [2.05, 4.69) is 19.1 Å². The average molecular weight is 328 g/mol. The highest BCUT2D eigenvalue weighted by molar-refractivity contribution is 5.92. The van der Waals surface area contributed by atoms with E-state index in [1.54, 1.807) is 6.08 Å². The van der Waals surface area contributed by atoms with E-state index < -0.39 is 0 Å². The fraction of sp³-hybridized carbons (Fsp3) is 0.650. The maximum absolute atomic E-state index is 12.5. The minimum atomic E-state index is -0.378. The molecule has 4 aliphatic carbocycles. The Kier molecular flexibility index (Phi) is 3.55. The van der Waals surface area contributed by atoms with E-state index in [9.17, 15) is 14.4 Å². The molecule has 0 aromatic carbocycles. The summed E-state index contributed by atoms with van der Waals surface area (Å²) >= 11 is 0. The van der Waals surface area contributed by atoms with Gasteiger partial charge in [-0.15, -0.1) is 0 Å². The summed E-state index contributed by atoms with van der Waals surface area (Å²) in [6.45, 7) is 3.50. The molecule has 6 unspecified atom stereocenters. The van der Waals surface area contributed by atoms with Crippen LogP contribution in [0, 0.1) is 29.1 Å². The molecule has 2 saturated carbocycles. The van der Waals surface area contributed by atoms with Crippen LogP contribution in [-0.2, 0) is 19.1 Å². The first-order valence-electron chi connectivity index (χ1n) is 9.03. The van der Waals surface area contributed by atoms with Crippen molar-refractivity contribution in [3.63, 3.8) is 0 Å². The van der Waals surface area contributed by atoms with Gasteiger partial charge in [-0.05, 0) is 48.7 Å². The Labute approximate surface area is 142 Å². The summed E-state index contributed by atoms with van der Waals surface area (Å²) in [4.78, 5) is 36.0. The molecular formula is C20H24O4. The van der Waals surface area contributed by atoms with Crippen LogP contribution in [0.3, 0.4) is 0 Å². The molecule has 4 rings (SSSR count). The Hall–Kier alpha value is -1.71. The molecule has 128 valence electrons. The van der Waals surface area contributed by atoms with Crippen molar-refractivity contribution in [1.29, 1.82) is 0 Å². The smallest absolute Gasteiger partial charge is 0.302 e. The van der Waals surface area contributed by atoms with Crippen LogP contribution in [0.4, 0.5) is 0 Å². The van der Waals surface area contributed by atoms with E-state index in [-0.39, 0.29) is 41.0 Å². The van der Waals surface area contributed by atoms with Gasteiger partial charge in [-0.25, -0.2) is 0 Å². The molecule has 0 aliphatic heterocycles. The first-order chi connectivity index (χ1) is 11.4. The predicted octanol–water partition coefficient (Wildman–Crippen LogP) is 3.01. The summed E-state index contributed by atoms with van der Waals surface area (Å²) in [7, 11) is 0. The average Bonchev–Trinajstić information content (AvgIpc) is 2.81. The zero-order valence-electron chi connectivity index (χ0n) is 14.3. The third-order valence-electron chi connectivity index (χ3n) is 6.85. The van der Waals surface area contributed by atoms with E-state index in [1.165, 1.54) is 6.92 Å². The van der Waals surface area contributed by atoms with Crippen LogP contribution in [0.1, 0.15) is 46.0 Å². The maximum Gasteiger partial charge on any atom is 0.302 e. The molecule has 0 saturated heterocycles. The molecular weight excluding hydrogens is 304 g/mol. The standard InChI is InChI=1S/C20H24O4/c1-11(21)24-17-10-20(2)16(7-8-18(20)23)15-5-3-12-9-13(22)4-6-14(12)19(15)17/h3,5,9,14-17,19H,4,6-8,10H2,1-2H3. The van der Waals surface area contributed by atoms with Crippen molar-refractivity contribution in [3.05, 3.63) is 23.8 Å². The van der Waals surface area contributed by atoms with Gasteiger partial charge < -0.3 is 4.74 Å². The molecule has 4 heteroatoms. The normalized spacial score (nSPS) is 43.6. The zero-order valence-corrected chi connectivity index (χ0v) is 14.3. The molecule has 0 heterocycles. The first kappa shape index (κ1) is 15.8. The molecule has 0 radical (unpaired) electrons. The number of ketones is 2. The van der Waals surface area contributed by atoms with Crippen molar-refractivity contribution in [1.82, 2.24) is 0 Å². The number of carbonyl (C=O) groups is 3. The fourth-order valence-corrected chi connectivity index (χ4v) is 5.81. The lowest BCUT2D eigenvalue weighted by Gasteiger charge is -2.52. The van der Waals surface area contributed by atoms with Crippen LogP contribution in [0.2, 0.25) is 0 Å². The van der Waals surface area contributed by atoms with Crippen molar-refractivity contribution in [3.8, 4) is 0 Å². The maximum atomic E-state index is 12.5. The van der Waals surface area contributed by atoms with Crippen LogP contribution in [0.25, 0.3) is 0 Å². The quantitative estimate of drug-likeness (QED) is 0.694. The number of hydrogen-bond donors (Lipinski definition) is 0. The molecule has 24 heavy (non-hydrogen) atoms. The second kappa shape index (κ2) is 5.40. The Bertz CT molecular complexity index is 673. The third-order valence-corrected chi connectivity index (χ3v) is 6.85. The summed E-state index contributed by atoms with van der Waals surface area (Å²) < 4.78 is 5.72. The van der Waals surface area contributed by atoms with Gasteiger partial charge >= 0.3 is 5.97 Å². The lowest BCUT2D eigenvalue weighted by Crippen LogP contribution is -2.53. The van der Waals surface area contributed by atoms with Gasteiger partial charge in [-0.3, -0.25) is 14.4 Å². The number of fused-ring (bicyclic) bond motifs is 5. The van der Waals surface area contributed by atoms with Crippen molar-refractivity contribution >= 4 is 17.5 Å². The second-order valence-electron chi connectivity index (χ2n) is 8.11. The number of ether oxygens (including phenoxy) is 1. The van der Waals surface area contributed by atoms with E-state index in [1.807, 2.05) is 0 Å². The van der Waals surface area contributed by atoms with Crippen LogP contribution < -0.4 is 0 Å². The molecule has 0 bridgehead atoms. The Balaban J connectivity index is 1.77. The highest BCUT2D eigenvalue weighted by Gasteiger charge is 2.59. The van der Waals surface area contributed by atoms with Crippen molar-refractivity contribution in [2.24, 2.45) is 29.1 Å². The summed E-state index contributed by atoms with van der Waals surface area (Å²) in [6.07, 6.45) is 9.38. The second-order valence-corrected chi connectivity index (χ2v) is 8.11. The highest BCUT2D eigenvalue weighted by Crippen LogP contribution is 2.59. The molecule has 0 aromatic heterocycles. The van der Waals surface area contributed by atoms with Crippen LogP contribution in [0.15, 0.2) is 23.8 Å². The van der Waals surface area contributed by atoms with Gasteiger partial charge in [0.1, 0.15) is 11.9 Å². The molecule has 4 aliphatic rings. The molecule has 4 nitrogen and oxygen atoms in total. The van der Waals surface area contributed by atoms with Gasteiger partial charge in [0.25, 0.3) is 0 Å². The summed E-state index contributed by atoms with van der Waals surface area (Å²) in [5.74, 6) is 1.27. The predicted molar refractivity (Wildman–Crippen MR) is 87.9 cm³/mol. The van der Waals surface area contributed by atoms with Crippen LogP contribution in [0.5, 0.6) is 0 Å². The van der Waals surface area contributed by atoms with Crippen LogP contribution in [-0.4, -0.2) is 23.6 Å². The Morgan fingerprint density at radius 2 is 2.04 bits per heavy atom. The Morgan fingerprint density at radius 1 is 1.25 bits per heavy atom. The van der Waals surface area contributed by atoms with E-state index >= 15 is 0 Å². The molecule has 0 N–H and O–H groups in total. The number of hydrogen-bond acceptors (Lipinski definition) is 4. The number of rotatable bonds is 1. The molecule has 0 aromatic rings. The third kappa shape index (κ3) is 2.22. The fourth-order valence-electron chi connectivity index (χ4n) is 5.81. The highest BCUT2D eigenvalue weighted by atomic mass is 16.5. The van der Waals surface area contributed by atoms with Crippen molar-refractivity contribution in [2.75, 3.05) is 0 Å². The van der Waals surface area contributed by atoms with Crippen LogP contribution >= 0.6 is 0 Å². The zero-order chi connectivity index (χ0) is 17.1. The summed E-state index contributed by atoms with van der Waals surface area (Å²) in [5, 5.41) is 0. The minimum Gasteiger partial charge on any atom is -0.462 e. The van der Waals surface area contributed by atoms with E-state index in [4.69, 9.17) is 4.74 Å². The molecule has 0 amide bonds. The number of Topliss-reactive ketones (excluding diaryl/α,β-unsaturated/α-hetero) is 1.